The Kier molecular flexibility index (Phi) is 11.8. The maximum absolute atomic E-state index is 12.5. The number of benzene rings is 3. The van der Waals surface area contributed by atoms with Gasteiger partial charge in [-0.05, 0) is 63.1 Å². The fourth-order valence-electron chi connectivity index (χ4n) is 5.04. The van der Waals surface area contributed by atoms with Crippen molar-refractivity contribution in [1.82, 2.24) is 20.5 Å². The van der Waals surface area contributed by atoms with Crippen LogP contribution in [0.1, 0.15) is 59.3 Å². The average molecular weight is 584 g/mol. The Hall–Kier alpha value is -3.85. The summed E-state index contributed by atoms with van der Waals surface area (Å²) in [5.41, 5.74) is 3.41. The highest BCUT2D eigenvalue weighted by molar-refractivity contribution is 7.14. The normalized spacial score (nSPS) is 11.4. The van der Waals surface area contributed by atoms with E-state index in [2.05, 4.69) is 98.6 Å². The van der Waals surface area contributed by atoms with Gasteiger partial charge in [-0.2, -0.15) is 0 Å². The lowest BCUT2D eigenvalue weighted by molar-refractivity contribution is -0.116. The third-order valence-electron chi connectivity index (χ3n) is 7.14. The molecule has 3 aromatic carbocycles. The number of aromatic nitrogens is 1. The van der Waals surface area contributed by atoms with Crippen molar-refractivity contribution in [2.75, 3.05) is 39.0 Å². The Bertz CT molecular complexity index is 1280. The number of unbranched alkanes of at least 4 members (excludes halogenated alkanes) is 2. The molecule has 0 aliphatic carbocycles. The molecule has 0 fully saturated rings. The van der Waals surface area contributed by atoms with Crippen molar-refractivity contribution in [3.8, 4) is 0 Å². The highest BCUT2D eigenvalue weighted by atomic mass is 32.1. The Morgan fingerprint density at radius 1 is 0.762 bits per heavy atom. The topological polar surface area (TPSA) is 86.4 Å². The Labute approximate surface area is 253 Å². The van der Waals surface area contributed by atoms with Crippen LogP contribution in [-0.2, 0) is 10.3 Å². The second kappa shape index (κ2) is 16.0. The standard InChI is InChI=1S/C34H41N5O2S/c1-39(2)25-15-23-35-32(41)30-26-42-33(37-30)38-31(40)22-13-6-14-24-36-34(27-16-7-3-8-17-27,28-18-9-4-10-19-28)29-20-11-5-12-21-29/h3-5,7-12,16-21,26,36H,6,13-15,22-25H2,1-2H3,(H,35,41)(H,37,38,40). The van der Waals surface area contributed by atoms with Gasteiger partial charge in [0.15, 0.2) is 5.13 Å². The van der Waals surface area contributed by atoms with Crippen molar-refractivity contribution >= 4 is 28.3 Å². The third kappa shape index (κ3) is 8.58. The fraction of sp³-hybridized carbons (Fsp3) is 0.324. The van der Waals surface area contributed by atoms with Crippen molar-refractivity contribution in [1.29, 1.82) is 0 Å². The summed E-state index contributed by atoms with van der Waals surface area (Å²) in [5.74, 6) is -0.293. The molecule has 0 unspecified atom stereocenters. The van der Waals surface area contributed by atoms with Gasteiger partial charge in [-0.1, -0.05) is 97.4 Å². The number of hydrogen-bond donors (Lipinski definition) is 3. The molecule has 0 radical (unpaired) electrons. The summed E-state index contributed by atoms with van der Waals surface area (Å²) in [5, 5.41) is 11.8. The largest absolute Gasteiger partial charge is 0.351 e. The van der Waals surface area contributed by atoms with E-state index in [4.69, 9.17) is 0 Å². The zero-order valence-corrected chi connectivity index (χ0v) is 25.3. The van der Waals surface area contributed by atoms with Crippen LogP contribution in [0.2, 0.25) is 0 Å². The molecule has 1 aromatic heterocycles. The van der Waals surface area contributed by atoms with Crippen LogP contribution in [0.5, 0.6) is 0 Å². The minimum absolute atomic E-state index is 0.0811. The highest BCUT2D eigenvalue weighted by Crippen LogP contribution is 2.36. The molecule has 7 nitrogen and oxygen atoms in total. The van der Waals surface area contributed by atoms with Crippen molar-refractivity contribution < 1.29 is 9.59 Å². The number of carbonyl (C=O) groups is 2. The van der Waals surface area contributed by atoms with Crippen molar-refractivity contribution in [2.45, 2.75) is 37.6 Å². The van der Waals surface area contributed by atoms with Crippen molar-refractivity contribution in [2.24, 2.45) is 0 Å². The molecule has 42 heavy (non-hydrogen) atoms. The molecule has 0 aliphatic heterocycles. The molecule has 220 valence electrons. The Morgan fingerprint density at radius 3 is 1.88 bits per heavy atom. The molecule has 0 bridgehead atoms. The van der Waals surface area contributed by atoms with E-state index in [1.807, 2.05) is 32.3 Å². The van der Waals surface area contributed by atoms with Gasteiger partial charge in [-0.3, -0.25) is 14.9 Å². The molecule has 0 spiro atoms. The molecule has 0 saturated heterocycles. The molecule has 8 heteroatoms. The van der Waals surface area contributed by atoms with E-state index in [1.165, 1.54) is 28.0 Å². The predicted octanol–water partition coefficient (Wildman–Crippen LogP) is 5.91. The lowest BCUT2D eigenvalue weighted by Gasteiger charge is -2.37. The fourth-order valence-corrected chi connectivity index (χ4v) is 5.75. The molecule has 2 amide bonds. The molecule has 3 N–H and O–H groups in total. The van der Waals surface area contributed by atoms with Crippen molar-refractivity contribution in [3.63, 3.8) is 0 Å². The molecule has 4 aromatic rings. The molecule has 4 rings (SSSR count). The van der Waals surface area contributed by atoms with Gasteiger partial charge in [0.2, 0.25) is 5.91 Å². The number of hydrogen-bond acceptors (Lipinski definition) is 6. The van der Waals surface area contributed by atoms with Crippen LogP contribution in [-0.4, -0.2) is 55.4 Å². The summed E-state index contributed by atoms with van der Waals surface area (Å²) in [6.45, 7) is 2.29. The SMILES string of the molecule is CN(C)CCCNC(=O)c1csc(NC(=O)CCCCCNC(c2ccccc2)(c2ccccc2)c2ccccc2)n1. The molecular formula is C34H41N5O2S. The number of thiazole rings is 1. The maximum atomic E-state index is 12.5. The van der Waals surface area contributed by atoms with Gasteiger partial charge >= 0.3 is 0 Å². The van der Waals surface area contributed by atoms with Gasteiger partial charge in [0.25, 0.3) is 5.91 Å². The van der Waals surface area contributed by atoms with Gasteiger partial charge in [-0.25, -0.2) is 4.98 Å². The Balaban J connectivity index is 1.28. The van der Waals surface area contributed by atoms with E-state index in [1.54, 1.807) is 5.38 Å². The Morgan fingerprint density at radius 2 is 1.33 bits per heavy atom. The predicted molar refractivity (Wildman–Crippen MR) is 172 cm³/mol. The minimum atomic E-state index is -0.484. The summed E-state index contributed by atoms with van der Waals surface area (Å²) in [7, 11) is 4.01. The number of rotatable bonds is 16. The summed E-state index contributed by atoms with van der Waals surface area (Å²) < 4.78 is 0. The lowest BCUT2D eigenvalue weighted by atomic mass is 9.77. The average Bonchev–Trinajstić information content (AvgIpc) is 3.49. The van der Waals surface area contributed by atoms with E-state index in [9.17, 15) is 9.59 Å². The van der Waals surface area contributed by atoms with E-state index < -0.39 is 5.54 Å². The zero-order chi connectivity index (χ0) is 29.6. The molecule has 0 aliphatic rings. The van der Waals surface area contributed by atoms with Crippen LogP contribution < -0.4 is 16.0 Å². The van der Waals surface area contributed by atoms with Gasteiger partial charge < -0.3 is 15.5 Å². The second-order valence-electron chi connectivity index (χ2n) is 10.6. The van der Waals surface area contributed by atoms with Crippen LogP contribution in [0.3, 0.4) is 0 Å². The lowest BCUT2D eigenvalue weighted by Crippen LogP contribution is -2.45. The summed E-state index contributed by atoms with van der Waals surface area (Å²) in [4.78, 5) is 31.2. The van der Waals surface area contributed by atoms with E-state index in [0.29, 0.717) is 23.8 Å². The van der Waals surface area contributed by atoms with Gasteiger partial charge in [-0.15, -0.1) is 11.3 Å². The number of anilines is 1. The van der Waals surface area contributed by atoms with E-state index in [-0.39, 0.29) is 11.8 Å². The zero-order valence-electron chi connectivity index (χ0n) is 24.5. The number of nitrogens with zero attached hydrogens (tertiary/aromatic N) is 2. The number of nitrogens with one attached hydrogen (secondary N) is 3. The van der Waals surface area contributed by atoms with E-state index >= 15 is 0 Å². The smallest absolute Gasteiger partial charge is 0.270 e. The van der Waals surface area contributed by atoms with Crippen LogP contribution in [0, 0.1) is 0 Å². The monoisotopic (exact) mass is 583 g/mol. The maximum Gasteiger partial charge on any atom is 0.270 e. The van der Waals surface area contributed by atoms with Crippen LogP contribution >= 0.6 is 11.3 Å². The highest BCUT2D eigenvalue weighted by Gasteiger charge is 2.35. The summed E-state index contributed by atoms with van der Waals surface area (Å²) >= 11 is 1.27. The van der Waals surface area contributed by atoms with E-state index in [0.717, 1.165) is 38.8 Å². The molecular weight excluding hydrogens is 542 g/mol. The van der Waals surface area contributed by atoms with Crippen molar-refractivity contribution in [3.05, 3.63) is 119 Å². The first-order valence-corrected chi connectivity index (χ1v) is 15.5. The molecule has 0 saturated carbocycles. The summed E-state index contributed by atoms with van der Waals surface area (Å²) in [6.07, 6.45) is 3.89. The van der Waals surface area contributed by atoms with Gasteiger partial charge in [0, 0.05) is 18.3 Å². The number of amides is 2. The molecule has 1 heterocycles. The van der Waals surface area contributed by atoms with Crippen LogP contribution in [0.4, 0.5) is 5.13 Å². The van der Waals surface area contributed by atoms with Crippen LogP contribution in [0.25, 0.3) is 0 Å². The molecule has 0 atom stereocenters. The third-order valence-corrected chi connectivity index (χ3v) is 7.90. The van der Waals surface area contributed by atoms with Gasteiger partial charge in [0.1, 0.15) is 5.69 Å². The number of carbonyl (C=O) groups excluding carboxylic acids is 2. The second-order valence-corrected chi connectivity index (χ2v) is 11.4. The van der Waals surface area contributed by atoms with Crippen LogP contribution in [0.15, 0.2) is 96.4 Å². The quantitative estimate of drug-likeness (QED) is 0.113. The first-order chi connectivity index (χ1) is 20.5. The van der Waals surface area contributed by atoms with Gasteiger partial charge in [0.05, 0.1) is 5.54 Å². The first kappa shape index (κ1) is 31.1. The minimum Gasteiger partial charge on any atom is -0.351 e. The summed E-state index contributed by atoms with van der Waals surface area (Å²) in [6, 6.07) is 31.7. The first-order valence-electron chi connectivity index (χ1n) is 14.6.